The smallest absolute Gasteiger partial charge is 0.129 e. The first-order valence-electron chi connectivity index (χ1n) is 5.77. The number of hydrogen-bond donors (Lipinski definition) is 1. The Morgan fingerprint density at radius 3 is 2.84 bits per heavy atom. The summed E-state index contributed by atoms with van der Waals surface area (Å²) in [4.78, 5) is 6.71. The normalized spacial score (nSPS) is 10.2. The second-order valence-corrected chi connectivity index (χ2v) is 5.13. The Kier molecular flexibility index (Phi) is 4.35. The van der Waals surface area contributed by atoms with Gasteiger partial charge in [0.1, 0.15) is 10.8 Å². The van der Waals surface area contributed by atoms with E-state index in [9.17, 15) is 0 Å². The lowest BCUT2D eigenvalue weighted by atomic mass is 10.2. The Morgan fingerprint density at radius 2 is 2.16 bits per heavy atom. The van der Waals surface area contributed by atoms with Crippen LogP contribution in [-0.4, -0.2) is 17.0 Å². The zero-order chi connectivity index (χ0) is 13.8. The number of halogens is 1. The molecule has 0 aliphatic rings. The predicted octanol–water partition coefficient (Wildman–Crippen LogP) is 3.01. The van der Waals surface area contributed by atoms with E-state index in [1.807, 2.05) is 42.3 Å². The molecule has 98 valence electrons. The molecule has 2 aromatic rings. The van der Waals surface area contributed by atoms with Crippen LogP contribution in [-0.2, 0) is 6.54 Å². The number of nitrogens with zero attached hydrogens (tertiary/aromatic N) is 2. The lowest BCUT2D eigenvalue weighted by Crippen LogP contribution is -2.19. The van der Waals surface area contributed by atoms with Crippen LogP contribution in [0.4, 0.5) is 5.82 Å². The monoisotopic (exact) mass is 291 g/mol. The standard InChI is InChI=1S/C14H14ClN3S/c1-18(9-10-3-2-4-12(15)7-10)13-8-11(14(16)19)5-6-17-13/h2-8H,9H2,1H3,(H2,16,19). The molecule has 2 rings (SSSR count). The Balaban J connectivity index is 2.18. The summed E-state index contributed by atoms with van der Waals surface area (Å²) in [6.45, 7) is 0.717. The number of pyridine rings is 1. The minimum absolute atomic E-state index is 0.375. The van der Waals surface area contributed by atoms with Gasteiger partial charge in [-0.05, 0) is 29.8 Å². The molecular formula is C14H14ClN3S. The van der Waals surface area contributed by atoms with Gasteiger partial charge in [0.2, 0.25) is 0 Å². The summed E-state index contributed by atoms with van der Waals surface area (Å²) in [5, 5.41) is 0.732. The van der Waals surface area contributed by atoms with Crippen LogP contribution in [0.1, 0.15) is 11.1 Å². The van der Waals surface area contributed by atoms with E-state index < -0.39 is 0 Å². The molecular weight excluding hydrogens is 278 g/mol. The van der Waals surface area contributed by atoms with E-state index in [1.54, 1.807) is 12.3 Å². The number of hydrogen-bond acceptors (Lipinski definition) is 3. The van der Waals surface area contributed by atoms with E-state index in [2.05, 4.69) is 4.98 Å². The van der Waals surface area contributed by atoms with Gasteiger partial charge >= 0.3 is 0 Å². The average molecular weight is 292 g/mol. The van der Waals surface area contributed by atoms with E-state index in [4.69, 9.17) is 29.6 Å². The third-order valence-corrected chi connectivity index (χ3v) is 3.20. The van der Waals surface area contributed by atoms with E-state index in [1.165, 1.54) is 0 Å². The van der Waals surface area contributed by atoms with E-state index in [0.717, 1.165) is 22.0 Å². The van der Waals surface area contributed by atoms with Crippen molar-refractivity contribution in [1.82, 2.24) is 4.98 Å². The summed E-state index contributed by atoms with van der Waals surface area (Å²) in [5.41, 5.74) is 7.56. The zero-order valence-corrected chi connectivity index (χ0v) is 12.1. The second kappa shape index (κ2) is 5.99. The highest BCUT2D eigenvalue weighted by atomic mass is 35.5. The maximum absolute atomic E-state index is 5.97. The van der Waals surface area contributed by atoms with Gasteiger partial charge in [-0.3, -0.25) is 0 Å². The summed E-state index contributed by atoms with van der Waals surface area (Å²) in [7, 11) is 1.96. The summed E-state index contributed by atoms with van der Waals surface area (Å²) >= 11 is 10.9. The second-order valence-electron chi connectivity index (χ2n) is 4.25. The molecule has 0 saturated carbocycles. The molecule has 5 heteroatoms. The molecule has 0 amide bonds. The first-order valence-corrected chi connectivity index (χ1v) is 6.56. The molecule has 1 aromatic heterocycles. The summed E-state index contributed by atoms with van der Waals surface area (Å²) in [6, 6.07) is 11.4. The fraction of sp³-hybridized carbons (Fsp3) is 0.143. The molecule has 2 N–H and O–H groups in total. The molecule has 19 heavy (non-hydrogen) atoms. The SMILES string of the molecule is CN(Cc1cccc(Cl)c1)c1cc(C(N)=S)ccn1. The van der Waals surface area contributed by atoms with E-state index in [-0.39, 0.29) is 0 Å². The van der Waals surface area contributed by atoms with Gasteiger partial charge in [0.05, 0.1) is 0 Å². The number of anilines is 1. The summed E-state index contributed by atoms with van der Waals surface area (Å²) < 4.78 is 0. The van der Waals surface area contributed by atoms with Crippen molar-refractivity contribution >= 4 is 34.6 Å². The van der Waals surface area contributed by atoms with E-state index >= 15 is 0 Å². The van der Waals surface area contributed by atoms with Crippen molar-refractivity contribution in [3.8, 4) is 0 Å². The van der Waals surface area contributed by atoms with Crippen molar-refractivity contribution in [2.24, 2.45) is 5.73 Å². The largest absolute Gasteiger partial charge is 0.389 e. The van der Waals surface area contributed by atoms with Crippen LogP contribution in [0.2, 0.25) is 5.02 Å². The van der Waals surface area contributed by atoms with Crippen LogP contribution < -0.4 is 10.6 Å². The Morgan fingerprint density at radius 1 is 1.37 bits per heavy atom. The van der Waals surface area contributed by atoms with Crippen molar-refractivity contribution in [2.75, 3.05) is 11.9 Å². The number of rotatable bonds is 4. The Hall–Kier alpha value is -1.65. The summed E-state index contributed by atoms with van der Waals surface area (Å²) in [5.74, 6) is 0.824. The third kappa shape index (κ3) is 3.66. The topological polar surface area (TPSA) is 42.1 Å². The maximum Gasteiger partial charge on any atom is 0.129 e. The van der Waals surface area contributed by atoms with Crippen LogP contribution in [0.3, 0.4) is 0 Å². The quantitative estimate of drug-likeness (QED) is 0.880. The molecule has 0 fully saturated rings. The van der Waals surface area contributed by atoms with Crippen molar-refractivity contribution in [1.29, 1.82) is 0 Å². The van der Waals surface area contributed by atoms with Gasteiger partial charge in [0.15, 0.2) is 0 Å². The van der Waals surface area contributed by atoms with Crippen LogP contribution in [0, 0.1) is 0 Å². The molecule has 1 heterocycles. The van der Waals surface area contributed by atoms with Crippen LogP contribution in [0.15, 0.2) is 42.6 Å². The van der Waals surface area contributed by atoms with Crippen LogP contribution in [0.25, 0.3) is 0 Å². The van der Waals surface area contributed by atoms with Gasteiger partial charge < -0.3 is 10.6 Å². The van der Waals surface area contributed by atoms with E-state index in [0.29, 0.717) is 11.5 Å². The molecule has 0 aliphatic heterocycles. The molecule has 0 radical (unpaired) electrons. The van der Waals surface area contributed by atoms with Crippen molar-refractivity contribution in [3.05, 3.63) is 58.7 Å². The fourth-order valence-electron chi connectivity index (χ4n) is 1.77. The zero-order valence-electron chi connectivity index (χ0n) is 10.5. The molecule has 0 aliphatic carbocycles. The molecule has 0 bridgehead atoms. The molecule has 0 unspecified atom stereocenters. The molecule has 1 aromatic carbocycles. The fourth-order valence-corrected chi connectivity index (χ4v) is 2.11. The number of benzene rings is 1. The minimum atomic E-state index is 0.375. The predicted molar refractivity (Wildman–Crippen MR) is 83.7 cm³/mol. The van der Waals surface area contributed by atoms with Gasteiger partial charge in [0, 0.05) is 30.4 Å². The lowest BCUT2D eigenvalue weighted by molar-refractivity contribution is 0.898. The Bertz CT molecular complexity index is 601. The lowest BCUT2D eigenvalue weighted by Gasteiger charge is -2.18. The molecule has 0 spiro atoms. The Labute approximate surface area is 123 Å². The van der Waals surface area contributed by atoms with Gasteiger partial charge in [-0.2, -0.15) is 0 Å². The minimum Gasteiger partial charge on any atom is -0.389 e. The number of nitrogens with two attached hydrogens (primary N) is 1. The van der Waals surface area contributed by atoms with Gasteiger partial charge in [-0.15, -0.1) is 0 Å². The van der Waals surface area contributed by atoms with Crippen LogP contribution >= 0.6 is 23.8 Å². The molecule has 0 atom stereocenters. The number of aromatic nitrogens is 1. The van der Waals surface area contributed by atoms with Gasteiger partial charge in [-0.1, -0.05) is 36.0 Å². The highest BCUT2D eigenvalue weighted by Crippen LogP contribution is 2.16. The maximum atomic E-state index is 5.97. The van der Waals surface area contributed by atoms with Crippen LogP contribution in [0.5, 0.6) is 0 Å². The third-order valence-electron chi connectivity index (χ3n) is 2.73. The molecule has 3 nitrogen and oxygen atoms in total. The van der Waals surface area contributed by atoms with Crippen molar-refractivity contribution in [2.45, 2.75) is 6.54 Å². The highest BCUT2D eigenvalue weighted by molar-refractivity contribution is 7.80. The average Bonchev–Trinajstić information content (AvgIpc) is 2.39. The summed E-state index contributed by atoms with van der Waals surface area (Å²) in [6.07, 6.45) is 1.71. The highest BCUT2D eigenvalue weighted by Gasteiger charge is 2.06. The van der Waals surface area contributed by atoms with Gasteiger partial charge in [-0.25, -0.2) is 4.98 Å². The molecule has 0 saturated heterocycles. The first kappa shape index (κ1) is 13.8. The number of thiocarbonyl (C=S) groups is 1. The van der Waals surface area contributed by atoms with Crippen molar-refractivity contribution < 1.29 is 0 Å². The van der Waals surface area contributed by atoms with Crippen molar-refractivity contribution in [3.63, 3.8) is 0 Å². The first-order chi connectivity index (χ1) is 9.06. The van der Waals surface area contributed by atoms with Gasteiger partial charge in [0.25, 0.3) is 0 Å².